The van der Waals surface area contributed by atoms with Crippen molar-refractivity contribution in [1.82, 2.24) is 8.87 Å². The van der Waals surface area contributed by atoms with Crippen molar-refractivity contribution in [1.29, 1.82) is 0 Å². The molecule has 0 N–H and O–H groups in total. The minimum atomic E-state index is -3.52. The number of rotatable bonds is 5. The zero-order chi connectivity index (χ0) is 23.0. The minimum absolute atomic E-state index is 0.148. The van der Waals surface area contributed by atoms with Gasteiger partial charge in [-0.15, -0.1) is 0 Å². The molecular formula is C24H25N3O5S. The number of fused-ring (bicyclic) bond motifs is 1. The summed E-state index contributed by atoms with van der Waals surface area (Å²) in [5.41, 5.74) is 1.39. The maximum atomic E-state index is 13.1. The van der Waals surface area contributed by atoms with Crippen LogP contribution in [-0.4, -0.2) is 42.8 Å². The molecule has 0 bridgehead atoms. The van der Waals surface area contributed by atoms with Gasteiger partial charge in [-0.25, -0.2) is 8.42 Å². The predicted molar refractivity (Wildman–Crippen MR) is 123 cm³/mol. The van der Waals surface area contributed by atoms with Crippen molar-refractivity contribution < 1.29 is 17.6 Å². The molecule has 0 radical (unpaired) electrons. The Morgan fingerprint density at radius 3 is 2.58 bits per heavy atom. The van der Waals surface area contributed by atoms with E-state index in [0.29, 0.717) is 37.5 Å². The number of sulfonamides is 1. The Morgan fingerprint density at radius 2 is 1.79 bits per heavy atom. The van der Waals surface area contributed by atoms with Crippen LogP contribution in [0.5, 0.6) is 0 Å². The molecule has 3 aromatic rings. The maximum Gasteiger partial charge on any atom is 0.293 e. The molecule has 172 valence electrons. The van der Waals surface area contributed by atoms with E-state index < -0.39 is 10.0 Å². The molecule has 0 aliphatic carbocycles. The van der Waals surface area contributed by atoms with Crippen molar-refractivity contribution in [3.63, 3.8) is 0 Å². The molecule has 0 atom stereocenters. The van der Waals surface area contributed by atoms with E-state index in [0.717, 1.165) is 24.8 Å². The van der Waals surface area contributed by atoms with E-state index in [2.05, 4.69) is 0 Å². The van der Waals surface area contributed by atoms with Gasteiger partial charge < -0.3 is 13.9 Å². The third-order valence-electron chi connectivity index (χ3n) is 6.24. The summed E-state index contributed by atoms with van der Waals surface area (Å²) in [6, 6.07) is 13.2. The van der Waals surface area contributed by atoms with Crippen molar-refractivity contribution >= 4 is 21.6 Å². The molecule has 0 unspecified atom stereocenters. The monoisotopic (exact) mass is 467 g/mol. The van der Waals surface area contributed by atoms with Crippen molar-refractivity contribution in [2.45, 2.75) is 37.1 Å². The van der Waals surface area contributed by atoms with Gasteiger partial charge >= 0.3 is 0 Å². The number of benzene rings is 1. The van der Waals surface area contributed by atoms with Crippen LogP contribution in [0.4, 0.5) is 5.69 Å². The lowest BCUT2D eigenvalue weighted by molar-refractivity contribution is 0.0961. The number of amides is 1. The molecule has 33 heavy (non-hydrogen) atoms. The summed E-state index contributed by atoms with van der Waals surface area (Å²) in [5, 5.41) is 0. The van der Waals surface area contributed by atoms with Gasteiger partial charge in [-0.3, -0.25) is 9.59 Å². The average molecular weight is 468 g/mol. The van der Waals surface area contributed by atoms with E-state index in [4.69, 9.17) is 4.42 Å². The first-order chi connectivity index (χ1) is 15.9. The van der Waals surface area contributed by atoms with Gasteiger partial charge in [-0.2, -0.15) is 4.31 Å². The lowest BCUT2D eigenvalue weighted by Gasteiger charge is -2.26. The molecule has 5 rings (SSSR count). The number of carbonyl (C=O) groups excluding carboxylic acids is 1. The number of anilines is 1. The van der Waals surface area contributed by atoms with Crippen molar-refractivity contribution in [3.8, 4) is 0 Å². The molecule has 1 aromatic carbocycles. The Bertz CT molecular complexity index is 1350. The predicted octanol–water partition coefficient (Wildman–Crippen LogP) is 2.87. The number of aromatic nitrogens is 1. The number of pyridine rings is 1. The van der Waals surface area contributed by atoms with Gasteiger partial charge in [0.25, 0.3) is 11.5 Å². The Balaban J connectivity index is 1.34. The Kier molecular flexibility index (Phi) is 5.67. The first-order valence-corrected chi connectivity index (χ1v) is 12.6. The van der Waals surface area contributed by atoms with Crippen molar-refractivity contribution in [3.05, 3.63) is 82.2 Å². The van der Waals surface area contributed by atoms with E-state index in [9.17, 15) is 18.0 Å². The second-order valence-corrected chi connectivity index (χ2v) is 10.3. The third kappa shape index (κ3) is 4.14. The van der Waals surface area contributed by atoms with Gasteiger partial charge in [-0.05, 0) is 61.2 Å². The molecule has 9 heteroatoms. The van der Waals surface area contributed by atoms with Crippen LogP contribution in [0.15, 0.2) is 68.8 Å². The van der Waals surface area contributed by atoms with Crippen LogP contribution < -0.4 is 10.5 Å². The molecule has 0 spiro atoms. The first kappa shape index (κ1) is 21.7. The molecule has 2 aliphatic heterocycles. The van der Waals surface area contributed by atoms with E-state index >= 15 is 0 Å². The van der Waals surface area contributed by atoms with Gasteiger partial charge in [0, 0.05) is 37.6 Å². The summed E-state index contributed by atoms with van der Waals surface area (Å²) in [5.74, 6) is 0.410. The first-order valence-electron chi connectivity index (χ1n) is 11.1. The lowest BCUT2D eigenvalue weighted by atomic mass is 10.2. The van der Waals surface area contributed by atoms with Gasteiger partial charge in [-0.1, -0.05) is 12.5 Å². The zero-order valence-electron chi connectivity index (χ0n) is 18.1. The van der Waals surface area contributed by atoms with Crippen LogP contribution >= 0.6 is 0 Å². The van der Waals surface area contributed by atoms with Crippen LogP contribution in [0.25, 0.3) is 0 Å². The van der Waals surface area contributed by atoms with Gasteiger partial charge in [0.15, 0.2) is 5.76 Å². The maximum absolute atomic E-state index is 13.1. The zero-order valence-corrected chi connectivity index (χ0v) is 19.0. The molecule has 0 saturated carbocycles. The molecule has 1 amide bonds. The number of piperidine rings is 1. The largest absolute Gasteiger partial charge is 0.454 e. The Hall–Kier alpha value is -3.17. The van der Waals surface area contributed by atoms with E-state index in [1.165, 1.54) is 10.6 Å². The summed E-state index contributed by atoms with van der Waals surface area (Å²) in [6.45, 7) is 1.80. The molecule has 1 fully saturated rings. The van der Waals surface area contributed by atoms with E-state index in [-0.39, 0.29) is 28.7 Å². The third-order valence-corrected chi connectivity index (χ3v) is 8.14. The van der Waals surface area contributed by atoms with Crippen molar-refractivity contribution in [2.24, 2.45) is 0 Å². The highest BCUT2D eigenvalue weighted by Gasteiger charge is 2.31. The fraction of sp³-hybridized carbons (Fsp3) is 0.333. The molecule has 4 heterocycles. The van der Waals surface area contributed by atoms with Crippen LogP contribution in [-0.2, 0) is 23.0 Å². The summed E-state index contributed by atoms with van der Waals surface area (Å²) >= 11 is 0. The quantitative estimate of drug-likeness (QED) is 0.575. The fourth-order valence-electron chi connectivity index (χ4n) is 4.47. The minimum Gasteiger partial charge on any atom is -0.454 e. The van der Waals surface area contributed by atoms with E-state index in [1.807, 2.05) is 0 Å². The highest BCUT2D eigenvalue weighted by molar-refractivity contribution is 7.89. The number of carbonyl (C=O) groups is 1. The molecule has 8 nitrogen and oxygen atoms in total. The van der Waals surface area contributed by atoms with Crippen LogP contribution in [0.1, 0.15) is 41.1 Å². The number of furan rings is 1. The lowest BCUT2D eigenvalue weighted by Crippen LogP contribution is -2.35. The average Bonchev–Trinajstić information content (AvgIpc) is 3.47. The van der Waals surface area contributed by atoms with Crippen molar-refractivity contribution in [2.75, 3.05) is 24.5 Å². The summed E-state index contributed by atoms with van der Waals surface area (Å²) in [7, 11) is -3.52. The topological polar surface area (TPSA) is 92.8 Å². The van der Waals surface area contributed by atoms with Crippen LogP contribution in [0.2, 0.25) is 0 Å². The SMILES string of the molecule is O=C(c1ccc(Cn2ccccc2=O)o1)N1CCc2cc(S(=O)(=O)N3CCCCC3)ccc21. The summed E-state index contributed by atoms with van der Waals surface area (Å²) in [4.78, 5) is 26.9. The highest BCUT2D eigenvalue weighted by atomic mass is 32.2. The summed E-state index contributed by atoms with van der Waals surface area (Å²) in [6.07, 6.45) is 5.08. The second-order valence-electron chi connectivity index (χ2n) is 8.39. The fourth-order valence-corrected chi connectivity index (χ4v) is 6.04. The van der Waals surface area contributed by atoms with Crippen LogP contribution in [0, 0.1) is 0 Å². The Labute approximate surface area is 192 Å². The van der Waals surface area contributed by atoms with Gasteiger partial charge in [0.05, 0.1) is 11.4 Å². The van der Waals surface area contributed by atoms with Gasteiger partial charge in [0.2, 0.25) is 10.0 Å². The van der Waals surface area contributed by atoms with Gasteiger partial charge in [0.1, 0.15) is 5.76 Å². The summed E-state index contributed by atoms with van der Waals surface area (Å²) < 4.78 is 34.8. The van der Waals surface area contributed by atoms with Crippen LogP contribution in [0.3, 0.4) is 0 Å². The second kappa shape index (κ2) is 8.64. The Morgan fingerprint density at radius 1 is 0.970 bits per heavy atom. The molecule has 1 saturated heterocycles. The highest BCUT2D eigenvalue weighted by Crippen LogP contribution is 2.33. The normalized spacial score (nSPS) is 16.7. The number of hydrogen-bond donors (Lipinski definition) is 0. The smallest absolute Gasteiger partial charge is 0.293 e. The standard InChI is InChI=1S/C24H25N3O5S/c28-23-6-2-5-12-25(23)17-19-7-10-22(32-19)24(29)27-15-11-18-16-20(8-9-21(18)27)33(30,31)26-13-3-1-4-14-26/h2,5-10,12,16H,1,3-4,11,13-15,17H2. The molecule has 2 aliphatic rings. The molecule has 2 aromatic heterocycles. The number of nitrogens with zero attached hydrogens (tertiary/aromatic N) is 3. The number of hydrogen-bond acceptors (Lipinski definition) is 5. The molecular weight excluding hydrogens is 442 g/mol. The van der Waals surface area contributed by atoms with E-state index in [1.54, 1.807) is 57.9 Å².